The van der Waals surface area contributed by atoms with Crippen LogP contribution >= 0.6 is 12.2 Å². The van der Waals surface area contributed by atoms with Crippen LogP contribution in [0.2, 0.25) is 0 Å². The van der Waals surface area contributed by atoms with Gasteiger partial charge in [0.15, 0.2) is 0 Å². The van der Waals surface area contributed by atoms with Crippen LogP contribution < -0.4 is 4.74 Å². The van der Waals surface area contributed by atoms with Crippen molar-refractivity contribution in [1.29, 1.82) is 0 Å². The molecule has 0 aliphatic heterocycles. The number of aromatic nitrogens is 2. The fourth-order valence-electron chi connectivity index (χ4n) is 2.03. The highest BCUT2D eigenvalue weighted by molar-refractivity contribution is 7.71. The zero-order valence-corrected chi connectivity index (χ0v) is 11.7. The van der Waals surface area contributed by atoms with Crippen LogP contribution in [0.5, 0.6) is 5.75 Å². The normalized spacial score (nSPS) is 10.5. The highest BCUT2D eigenvalue weighted by Crippen LogP contribution is 2.32. The van der Waals surface area contributed by atoms with E-state index in [9.17, 15) is 4.39 Å². The van der Waals surface area contributed by atoms with E-state index < -0.39 is 0 Å². The molecule has 0 spiro atoms. The molecule has 100 valence electrons. The quantitative estimate of drug-likeness (QED) is 0.862. The van der Waals surface area contributed by atoms with Crippen LogP contribution in [-0.2, 0) is 6.42 Å². The third-order valence-electron chi connectivity index (χ3n) is 2.88. The molecule has 1 aromatic carbocycles. The molecule has 0 aliphatic carbocycles. The number of ether oxygens (including phenoxy) is 1. The molecule has 0 bridgehead atoms. The Balaban J connectivity index is 2.68. The summed E-state index contributed by atoms with van der Waals surface area (Å²) in [6.07, 6.45) is 3.26. The number of methoxy groups -OCH3 is 1. The van der Waals surface area contributed by atoms with Gasteiger partial charge in [0.1, 0.15) is 16.2 Å². The van der Waals surface area contributed by atoms with Crippen LogP contribution in [0.3, 0.4) is 0 Å². The lowest BCUT2D eigenvalue weighted by molar-refractivity contribution is 0.415. The number of hydrogen-bond donors (Lipinski definition) is 1. The van der Waals surface area contributed by atoms with Crippen molar-refractivity contribution in [1.82, 2.24) is 9.97 Å². The molecule has 0 aliphatic rings. The summed E-state index contributed by atoms with van der Waals surface area (Å²) in [6, 6.07) is 4.42. The van der Waals surface area contributed by atoms with Gasteiger partial charge in [-0.3, -0.25) is 0 Å². The monoisotopic (exact) mass is 278 g/mol. The molecule has 0 atom stereocenters. The number of nitrogens with one attached hydrogen (secondary N) is 1. The molecule has 2 aromatic rings. The maximum absolute atomic E-state index is 13.5. The molecule has 19 heavy (non-hydrogen) atoms. The van der Waals surface area contributed by atoms with Gasteiger partial charge < -0.3 is 9.72 Å². The molecule has 1 heterocycles. The Kier molecular flexibility index (Phi) is 4.27. The molecule has 5 heteroatoms. The van der Waals surface area contributed by atoms with Crippen molar-refractivity contribution in [2.24, 2.45) is 0 Å². The standard InChI is InChI=1S/C14H15FN2OS/c1-3-4-10-13(16-8-17-14(10)19)11-7-9(15)5-6-12(11)18-2/h5-8H,3-4H2,1-2H3,(H,16,17,19). The van der Waals surface area contributed by atoms with Crippen molar-refractivity contribution < 1.29 is 9.13 Å². The molecule has 0 saturated heterocycles. The van der Waals surface area contributed by atoms with Gasteiger partial charge in [0.2, 0.25) is 0 Å². The van der Waals surface area contributed by atoms with Crippen LogP contribution in [-0.4, -0.2) is 17.1 Å². The zero-order valence-electron chi connectivity index (χ0n) is 10.9. The van der Waals surface area contributed by atoms with Gasteiger partial charge in [-0.1, -0.05) is 25.6 Å². The smallest absolute Gasteiger partial charge is 0.133 e. The second-order valence-electron chi connectivity index (χ2n) is 4.16. The number of aromatic amines is 1. The summed E-state index contributed by atoms with van der Waals surface area (Å²) in [5.41, 5.74) is 2.36. The summed E-state index contributed by atoms with van der Waals surface area (Å²) < 4.78 is 19.3. The number of nitrogens with zero attached hydrogens (tertiary/aromatic N) is 1. The first-order valence-corrected chi connectivity index (χ1v) is 6.48. The summed E-state index contributed by atoms with van der Waals surface area (Å²) in [5, 5.41) is 0. The molecule has 0 amide bonds. The first kappa shape index (κ1) is 13.7. The van der Waals surface area contributed by atoms with Gasteiger partial charge in [-0.15, -0.1) is 0 Å². The molecule has 0 fully saturated rings. The SMILES string of the molecule is CCCc1c(-c2cc(F)ccc2OC)[nH]cnc1=S. The lowest BCUT2D eigenvalue weighted by Crippen LogP contribution is -1.99. The average molecular weight is 278 g/mol. The van der Waals surface area contributed by atoms with Crippen LogP contribution in [0, 0.1) is 10.5 Å². The Morgan fingerprint density at radius 1 is 1.42 bits per heavy atom. The lowest BCUT2D eigenvalue weighted by Gasteiger charge is -2.12. The molecule has 0 unspecified atom stereocenters. The summed E-state index contributed by atoms with van der Waals surface area (Å²) >= 11 is 5.25. The van der Waals surface area contributed by atoms with E-state index >= 15 is 0 Å². The van der Waals surface area contributed by atoms with E-state index in [-0.39, 0.29) is 5.82 Å². The third-order valence-corrected chi connectivity index (χ3v) is 3.23. The highest BCUT2D eigenvalue weighted by Gasteiger charge is 2.13. The third kappa shape index (κ3) is 2.81. The Bertz CT molecular complexity index is 640. The number of H-pyrrole nitrogens is 1. The van der Waals surface area contributed by atoms with Crippen LogP contribution in [0.25, 0.3) is 11.3 Å². The van der Waals surface area contributed by atoms with Crippen LogP contribution in [0.4, 0.5) is 4.39 Å². The predicted octanol–water partition coefficient (Wildman–Crippen LogP) is 3.91. The Morgan fingerprint density at radius 3 is 2.89 bits per heavy atom. The van der Waals surface area contributed by atoms with E-state index in [0.29, 0.717) is 16.0 Å². The summed E-state index contributed by atoms with van der Waals surface area (Å²) in [5.74, 6) is 0.296. The molecule has 0 saturated carbocycles. The largest absolute Gasteiger partial charge is 0.496 e. The van der Waals surface area contributed by atoms with Gasteiger partial charge in [-0.2, -0.15) is 0 Å². The van der Waals surface area contributed by atoms with E-state index in [1.807, 2.05) is 0 Å². The molecule has 0 radical (unpaired) electrons. The van der Waals surface area contributed by atoms with E-state index in [1.54, 1.807) is 13.2 Å². The zero-order chi connectivity index (χ0) is 13.8. The van der Waals surface area contributed by atoms with Gasteiger partial charge in [0.05, 0.1) is 19.1 Å². The van der Waals surface area contributed by atoms with E-state index in [4.69, 9.17) is 17.0 Å². The molecular formula is C14H15FN2OS. The Morgan fingerprint density at radius 2 is 2.21 bits per heavy atom. The summed E-state index contributed by atoms with van der Waals surface area (Å²) in [6.45, 7) is 2.06. The average Bonchev–Trinajstić information content (AvgIpc) is 2.41. The number of halogens is 1. The van der Waals surface area contributed by atoms with E-state index in [2.05, 4.69) is 16.9 Å². The minimum absolute atomic E-state index is 0.311. The van der Waals surface area contributed by atoms with Crippen molar-refractivity contribution in [3.05, 3.63) is 40.5 Å². The highest BCUT2D eigenvalue weighted by atomic mass is 32.1. The van der Waals surface area contributed by atoms with Crippen molar-refractivity contribution in [3.8, 4) is 17.0 Å². The van der Waals surface area contributed by atoms with Gasteiger partial charge >= 0.3 is 0 Å². The number of hydrogen-bond acceptors (Lipinski definition) is 3. The van der Waals surface area contributed by atoms with Crippen LogP contribution in [0.1, 0.15) is 18.9 Å². The van der Waals surface area contributed by atoms with Gasteiger partial charge in [0.25, 0.3) is 0 Å². The van der Waals surface area contributed by atoms with E-state index in [1.165, 1.54) is 18.5 Å². The molecular weight excluding hydrogens is 263 g/mol. The molecule has 1 N–H and O–H groups in total. The number of benzene rings is 1. The summed E-state index contributed by atoms with van der Waals surface area (Å²) in [4.78, 5) is 7.14. The second-order valence-corrected chi connectivity index (χ2v) is 4.54. The van der Waals surface area contributed by atoms with Gasteiger partial charge in [-0.05, 0) is 24.6 Å². The fraction of sp³-hybridized carbons (Fsp3) is 0.286. The maximum atomic E-state index is 13.5. The lowest BCUT2D eigenvalue weighted by atomic mass is 10.0. The van der Waals surface area contributed by atoms with E-state index in [0.717, 1.165) is 24.1 Å². The summed E-state index contributed by atoms with van der Waals surface area (Å²) in [7, 11) is 1.56. The molecule has 1 aromatic heterocycles. The Hall–Kier alpha value is -1.75. The molecule has 3 nitrogen and oxygen atoms in total. The second kappa shape index (κ2) is 5.93. The van der Waals surface area contributed by atoms with Crippen molar-refractivity contribution in [2.45, 2.75) is 19.8 Å². The first-order valence-electron chi connectivity index (χ1n) is 6.07. The van der Waals surface area contributed by atoms with Crippen molar-refractivity contribution in [3.63, 3.8) is 0 Å². The van der Waals surface area contributed by atoms with Gasteiger partial charge in [-0.25, -0.2) is 9.37 Å². The number of rotatable bonds is 4. The minimum atomic E-state index is -0.311. The Labute approximate surface area is 116 Å². The van der Waals surface area contributed by atoms with Crippen molar-refractivity contribution >= 4 is 12.2 Å². The maximum Gasteiger partial charge on any atom is 0.133 e. The minimum Gasteiger partial charge on any atom is -0.496 e. The van der Waals surface area contributed by atoms with Crippen molar-refractivity contribution in [2.75, 3.05) is 7.11 Å². The predicted molar refractivity (Wildman–Crippen MR) is 75.4 cm³/mol. The molecule has 2 rings (SSSR count). The first-order chi connectivity index (χ1) is 9.17. The topological polar surface area (TPSA) is 37.9 Å². The van der Waals surface area contributed by atoms with Gasteiger partial charge in [0, 0.05) is 11.1 Å². The van der Waals surface area contributed by atoms with Crippen LogP contribution in [0.15, 0.2) is 24.5 Å². The fourth-order valence-corrected chi connectivity index (χ4v) is 2.28.